The topological polar surface area (TPSA) is 102 Å². The second kappa shape index (κ2) is 5.91. The van der Waals surface area contributed by atoms with Gasteiger partial charge >= 0.3 is 6.36 Å². The Morgan fingerprint density at radius 2 is 1.95 bits per heavy atom. The molecule has 0 saturated heterocycles. The largest absolute Gasteiger partial charge is 0.573 e. The van der Waals surface area contributed by atoms with Gasteiger partial charge < -0.3 is 15.5 Å². The van der Waals surface area contributed by atoms with Gasteiger partial charge in [-0.1, -0.05) is 0 Å². The Morgan fingerprint density at radius 3 is 2.37 bits per heavy atom. The number of benzene rings is 1. The lowest BCUT2D eigenvalue weighted by Gasteiger charge is -2.10. The molecule has 1 rings (SSSR count). The van der Waals surface area contributed by atoms with E-state index in [1.165, 1.54) is 12.1 Å². The molecule has 0 unspecified atom stereocenters. The van der Waals surface area contributed by atoms with Crippen LogP contribution >= 0.6 is 0 Å². The molecule has 7 nitrogen and oxygen atoms in total. The molecule has 0 aromatic heterocycles. The number of halogens is 3. The van der Waals surface area contributed by atoms with Gasteiger partial charge in [0.1, 0.15) is 5.75 Å². The van der Waals surface area contributed by atoms with Crippen molar-refractivity contribution in [2.45, 2.75) is 6.36 Å². The molecule has 4 N–H and O–H groups in total. The average Bonchev–Trinajstić information content (AvgIpc) is 2.28. The molecule has 0 aliphatic heterocycles. The number of ether oxygens (including phenoxy) is 1. The van der Waals surface area contributed by atoms with Crippen LogP contribution in [-0.4, -0.2) is 11.3 Å². The molecular formula is C9H9F3N4O3. The van der Waals surface area contributed by atoms with E-state index in [-0.39, 0.29) is 5.82 Å². The molecule has 0 spiro atoms. The van der Waals surface area contributed by atoms with Gasteiger partial charge in [-0.05, 0) is 24.3 Å². The third-order valence-electron chi connectivity index (χ3n) is 1.76. The van der Waals surface area contributed by atoms with Gasteiger partial charge in [0.15, 0.2) is 5.82 Å². The summed E-state index contributed by atoms with van der Waals surface area (Å²) in [4.78, 5) is 9.47. The molecule has 0 fully saturated rings. The Bertz CT molecular complexity index is 473. The number of anilines is 1. The van der Waals surface area contributed by atoms with E-state index < -0.39 is 17.0 Å². The highest BCUT2D eigenvalue weighted by Gasteiger charge is 2.30. The zero-order valence-corrected chi connectivity index (χ0v) is 9.27. The van der Waals surface area contributed by atoms with Crippen LogP contribution in [0.4, 0.5) is 18.9 Å². The molecule has 0 atom stereocenters. The lowest BCUT2D eigenvalue weighted by molar-refractivity contribution is -0.403. The minimum Gasteiger partial charge on any atom is -0.406 e. The molecule has 1 aromatic rings. The number of hydrogen-bond acceptors (Lipinski definition) is 6. The number of nitro groups is 1. The molecule has 0 heterocycles. The summed E-state index contributed by atoms with van der Waals surface area (Å²) in [5, 5.41) is 12.7. The zero-order valence-electron chi connectivity index (χ0n) is 9.27. The van der Waals surface area contributed by atoms with E-state index in [9.17, 15) is 23.3 Å². The molecule has 0 aliphatic carbocycles. The standard InChI is InChI=1S/C9H9F3N4O3/c10-9(11,12)19-7-3-1-6(2-4-7)14-8(15-13)5-16(17)18/h1-5,14-15H,13H2. The Balaban J connectivity index is 2.74. The molecule has 10 heteroatoms. The Morgan fingerprint density at radius 1 is 1.37 bits per heavy atom. The van der Waals surface area contributed by atoms with Crippen LogP contribution in [0.3, 0.4) is 0 Å². The van der Waals surface area contributed by atoms with Crippen LogP contribution in [0, 0.1) is 10.1 Å². The third-order valence-corrected chi connectivity index (χ3v) is 1.76. The van der Waals surface area contributed by atoms with Gasteiger partial charge in [0.25, 0.3) is 6.20 Å². The molecule has 1 aromatic carbocycles. The quantitative estimate of drug-likeness (QED) is 0.429. The van der Waals surface area contributed by atoms with E-state index in [1.807, 2.05) is 5.43 Å². The number of alkyl halides is 3. The summed E-state index contributed by atoms with van der Waals surface area (Å²) in [6, 6.07) is 4.59. The third kappa shape index (κ3) is 5.59. The first kappa shape index (κ1) is 14.6. The minimum atomic E-state index is -4.77. The van der Waals surface area contributed by atoms with Crippen molar-refractivity contribution in [2.24, 2.45) is 5.84 Å². The Kier molecular flexibility index (Phi) is 4.53. The summed E-state index contributed by atoms with van der Waals surface area (Å²) in [6.07, 6.45) is -4.20. The van der Waals surface area contributed by atoms with Crippen molar-refractivity contribution in [1.82, 2.24) is 5.43 Å². The maximum atomic E-state index is 11.9. The lowest BCUT2D eigenvalue weighted by atomic mass is 10.3. The lowest BCUT2D eigenvalue weighted by Crippen LogP contribution is -2.27. The molecule has 0 radical (unpaired) electrons. The van der Waals surface area contributed by atoms with Gasteiger partial charge in [0, 0.05) is 5.69 Å². The van der Waals surface area contributed by atoms with Gasteiger partial charge in [0.05, 0.1) is 4.92 Å². The van der Waals surface area contributed by atoms with E-state index in [0.29, 0.717) is 11.9 Å². The highest BCUT2D eigenvalue weighted by molar-refractivity contribution is 5.49. The normalized spacial score (nSPS) is 11.9. The summed E-state index contributed by atoms with van der Waals surface area (Å²) in [5.74, 6) is 4.49. The first-order valence-electron chi connectivity index (χ1n) is 4.75. The first-order valence-corrected chi connectivity index (χ1v) is 4.75. The van der Waals surface area contributed by atoms with Gasteiger partial charge in [-0.15, -0.1) is 13.2 Å². The van der Waals surface area contributed by atoms with Crippen LogP contribution in [0.5, 0.6) is 5.75 Å². The summed E-state index contributed by atoms with van der Waals surface area (Å²) < 4.78 is 39.4. The SMILES string of the molecule is NNC(=C[N+](=O)[O-])Nc1ccc(OC(F)(F)F)cc1. The number of hydrogen-bond donors (Lipinski definition) is 3. The number of nitrogens with one attached hydrogen (secondary N) is 2. The van der Waals surface area contributed by atoms with Crippen LogP contribution in [0.1, 0.15) is 0 Å². The maximum absolute atomic E-state index is 11.9. The molecule has 104 valence electrons. The number of nitrogens with two attached hydrogens (primary N) is 1. The summed E-state index contributed by atoms with van der Waals surface area (Å²) in [5.41, 5.74) is 2.32. The molecule has 19 heavy (non-hydrogen) atoms. The second-order valence-corrected chi connectivity index (χ2v) is 3.17. The fraction of sp³-hybridized carbons (Fsp3) is 0.111. The van der Waals surface area contributed by atoms with Crippen molar-refractivity contribution in [2.75, 3.05) is 5.32 Å². The Hall–Kier alpha value is -2.49. The highest BCUT2D eigenvalue weighted by atomic mass is 19.4. The fourth-order valence-electron chi connectivity index (χ4n) is 1.11. The van der Waals surface area contributed by atoms with E-state index in [2.05, 4.69) is 10.1 Å². The van der Waals surface area contributed by atoms with Gasteiger partial charge in [-0.3, -0.25) is 10.1 Å². The van der Waals surface area contributed by atoms with Gasteiger partial charge in [-0.2, -0.15) is 0 Å². The minimum absolute atomic E-state index is 0.130. The molecule has 0 bridgehead atoms. The van der Waals surface area contributed by atoms with Crippen molar-refractivity contribution in [1.29, 1.82) is 0 Å². The summed E-state index contributed by atoms with van der Waals surface area (Å²) >= 11 is 0. The molecular weight excluding hydrogens is 269 g/mol. The number of rotatable bonds is 5. The van der Waals surface area contributed by atoms with Crippen molar-refractivity contribution in [3.8, 4) is 5.75 Å². The monoisotopic (exact) mass is 278 g/mol. The molecule has 0 amide bonds. The van der Waals surface area contributed by atoms with Crippen LogP contribution in [0.2, 0.25) is 0 Å². The average molecular weight is 278 g/mol. The van der Waals surface area contributed by atoms with E-state index >= 15 is 0 Å². The summed E-state index contributed by atoms with van der Waals surface area (Å²) in [7, 11) is 0. The predicted octanol–water partition coefficient (Wildman–Crippen LogP) is 1.54. The van der Waals surface area contributed by atoms with Crippen LogP contribution in [0.25, 0.3) is 0 Å². The predicted molar refractivity (Wildman–Crippen MR) is 59.1 cm³/mol. The number of hydrazine groups is 1. The van der Waals surface area contributed by atoms with Gasteiger partial charge in [0.2, 0.25) is 0 Å². The zero-order chi connectivity index (χ0) is 14.5. The summed E-state index contributed by atoms with van der Waals surface area (Å²) in [6.45, 7) is 0. The van der Waals surface area contributed by atoms with E-state index in [0.717, 1.165) is 12.1 Å². The maximum Gasteiger partial charge on any atom is 0.573 e. The van der Waals surface area contributed by atoms with Crippen molar-refractivity contribution >= 4 is 5.69 Å². The number of nitrogens with zero attached hydrogens (tertiary/aromatic N) is 1. The molecule has 0 aliphatic rings. The van der Waals surface area contributed by atoms with Crippen molar-refractivity contribution in [3.63, 3.8) is 0 Å². The van der Waals surface area contributed by atoms with Crippen molar-refractivity contribution < 1.29 is 22.8 Å². The first-order chi connectivity index (χ1) is 8.80. The van der Waals surface area contributed by atoms with Crippen molar-refractivity contribution in [3.05, 3.63) is 46.4 Å². The van der Waals surface area contributed by atoms with Crippen LogP contribution < -0.4 is 21.3 Å². The smallest absolute Gasteiger partial charge is 0.406 e. The van der Waals surface area contributed by atoms with Crippen LogP contribution in [0.15, 0.2) is 36.3 Å². The Labute approximate surface area is 105 Å². The second-order valence-electron chi connectivity index (χ2n) is 3.17. The van der Waals surface area contributed by atoms with E-state index in [1.54, 1.807) is 0 Å². The highest BCUT2D eigenvalue weighted by Crippen LogP contribution is 2.24. The van der Waals surface area contributed by atoms with Gasteiger partial charge in [-0.25, -0.2) is 5.84 Å². The van der Waals surface area contributed by atoms with Crippen LogP contribution in [-0.2, 0) is 0 Å². The molecule has 0 saturated carbocycles. The van der Waals surface area contributed by atoms with E-state index in [4.69, 9.17) is 5.84 Å². The fourth-order valence-corrected chi connectivity index (χ4v) is 1.11.